The second kappa shape index (κ2) is 12.2. The Morgan fingerprint density at radius 2 is 1.97 bits per heavy atom. The van der Waals surface area contributed by atoms with E-state index in [0.717, 1.165) is 18.7 Å². The average Bonchev–Trinajstić information content (AvgIpc) is 2.78. The van der Waals surface area contributed by atoms with E-state index in [0.29, 0.717) is 49.3 Å². The highest BCUT2D eigenvalue weighted by Crippen LogP contribution is 2.42. The maximum absolute atomic E-state index is 12.1. The van der Waals surface area contributed by atoms with Crippen molar-refractivity contribution in [3.8, 4) is 11.5 Å². The van der Waals surface area contributed by atoms with Crippen molar-refractivity contribution in [2.45, 2.75) is 6.61 Å². The first-order valence-electron chi connectivity index (χ1n) is 9.63. The molecule has 1 aliphatic heterocycles. The van der Waals surface area contributed by atoms with Crippen molar-refractivity contribution in [2.24, 2.45) is 5.10 Å². The molecule has 1 heterocycles. The van der Waals surface area contributed by atoms with Gasteiger partial charge in [0.05, 0.1) is 47.6 Å². The second-order valence-corrected chi connectivity index (χ2v) is 9.24. The fraction of sp³-hybridized carbons (Fsp3) is 0.333. The minimum Gasteiger partial charge on any atom is -0.493 e. The normalized spacial score (nSPS) is 14.5. The molecule has 0 radical (unpaired) electrons. The summed E-state index contributed by atoms with van der Waals surface area (Å²) in [6.45, 7) is 3.28. The molecule has 1 aliphatic rings. The SMILES string of the molecule is COc1cc(/C=N\NC(=O)CN2CCOCC2)c(Br)c(Br)c1OCc1ccc(Cl)c(Cl)c1. The Kier molecular flexibility index (Phi) is 9.63. The predicted octanol–water partition coefficient (Wildman–Crippen LogP) is 4.89. The molecule has 1 amide bonds. The van der Waals surface area contributed by atoms with Gasteiger partial charge in [0.2, 0.25) is 0 Å². The van der Waals surface area contributed by atoms with Gasteiger partial charge in [-0.3, -0.25) is 9.69 Å². The summed E-state index contributed by atoms with van der Waals surface area (Å²) in [5.74, 6) is 0.826. The monoisotopic (exact) mass is 607 g/mol. The predicted molar refractivity (Wildman–Crippen MR) is 132 cm³/mol. The fourth-order valence-corrected chi connectivity index (χ4v) is 4.20. The van der Waals surface area contributed by atoms with Crippen molar-refractivity contribution < 1.29 is 19.0 Å². The van der Waals surface area contributed by atoms with Crippen molar-refractivity contribution in [2.75, 3.05) is 40.0 Å². The van der Waals surface area contributed by atoms with Crippen molar-refractivity contribution in [1.82, 2.24) is 10.3 Å². The summed E-state index contributed by atoms with van der Waals surface area (Å²) in [7, 11) is 1.55. The minimum absolute atomic E-state index is 0.188. The van der Waals surface area contributed by atoms with Crippen molar-refractivity contribution >= 4 is 67.2 Å². The molecule has 2 aromatic rings. The van der Waals surface area contributed by atoms with Crippen LogP contribution in [0.5, 0.6) is 11.5 Å². The lowest BCUT2D eigenvalue weighted by Gasteiger charge is -2.25. The molecular weight excluding hydrogens is 589 g/mol. The summed E-state index contributed by atoms with van der Waals surface area (Å²) >= 11 is 19.1. The molecule has 0 atom stereocenters. The molecule has 172 valence electrons. The first kappa shape index (κ1) is 25.3. The number of benzene rings is 2. The topological polar surface area (TPSA) is 72.4 Å². The summed E-state index contributed by atoms with van der Waals surface area (Å²) in [5, 5.41) is 5.01. The molecule has 0 aliphatic carbocycles. The maximum Gasteiger partial charge on any atom is 0.254 e. The van der Waals surface area contributed by atoms with E-state index < -0.39 is 0 Å². The molecule has 7 nitrogen and oxygen atoms in total. The van der Waals surface area contributed by atoms with Gasteiger partial charge < -0.3 is 14.2 Å². The van der Waals surface area contributed by atoms with Crippen LogP contribution in [-0.2, 0) is 16.1 Å². The summed E-state index contributed by atoms with van der Waals surface area (Å²) < 4.78 is 18.1. The number of hydrogen-bond donors (Lipinski definition) is 1. The first-order chi connectivity index (χ1) is 15.4. The number of morpholine rings is 1. The third-order valence-corrected chi connectivity index (χ3v) is 7.49. The molecule has 2 aromatic carbocycles. The van der Waals surface area contributed by atoms with Gasteiger partial charge in [-0.15, -0.1) is 0 Å². The Morgan fingerprint density at radius 1 is 1.22 bits per heavy atom. The molecule has 1 saturated heterocycles. The molecule has 32 heavy (non-hydrogen) atoms. The van der Waals surface area contributed by atoms with Crippen LogP contribution in [0.25, 0.3) is 0 Å². The highest BCUT2D eigenvalue weighted by atomic mass is 79.9. The fourth-order valence-electron chi connectivity index (χ4n) is 2.94. The average molecular weight is 610 g/mol. The maximum atomic E-state index is 12.1. The van der Waals surface area contributed by atoms with Crippen molar-refractivity contribution in [1.29, 1.82) is 0 Å². The Bertz CT molecular complexity index is 1000. The van der Waals surface area contributed by atoms with E-state index in [9.17, 15) is 4.79 Å². The van der Waals surface area contributed by atoms with Crippen LogP contribution in [0, 0.1) is 0 Å². The second-order valence-electron chi connectivity index (χ2n) is 6.84. The van der Waals surface area contributed by atoms with Crippen LogP contribution < -0.4 is 14.9 Å². The van der Waals surface area contributed by atoms with Crippen LogP contribution in [0.15, 0.2) is 38.3 Å². The van der Waals surface area contributed by atoms with Crippen molar-refractivity contribution in [3.05, 3.63) is 54.4 Å². The van der Waals surface area contributed by atoms with Gasteiger partial charge >= 0.3 is 0 Å². The number of hydrazone groups is 1. The largest absolute Gasteiger partial charge is 0.493 e. The van der Waals surface area contributed by atoms with Crippen LogP contribution in [0.4, 0.5) is 0 Å². The van der Waals surface area contributed by atoms with Crippen LogP contribution in [0.2, 0.25) is 10.0 Å². The van der Waals surface area contributed by atoms with Gasteiger partial charge in [0, 0.05) is 23.1 Å². The Hall–Kier alpha value is -1.36. The number of nitrogens with one attached hydrogen (secondary N) is 1. The lowest BCUT2D eigenvalue weighted by molar-refractivity contribution is -0.123. The van der Waals surface area contributed by atoms with Gasteiger partial charge in [0.15, 0.2) is 11.5 Å². The van der Waals surface area contributed by atoms with Crippen LogP contribution in [0.3, 0.4) is 0 Å². The quantitative estimate of drug-likeness (QED) is 0.341. The summed E-state index contributed by atoms with van der Waals surface area (Å²) in [6, 6.07) is 7.07. The Balaban J connectivity index is 1.67. The summed E-state index contributed by atoms with van der Waals surface area (Å²) in [6.07, 6.45) is 1.54. The highest BCUT2D eigenvalue weighted by molar-refractivity contribution is 9.13. The Morgan fingerprint density at radius 3 is 2.66 bits per heavy atom. The third kappa shape index (κ3) is 6.82. The first-order valence-corrected chi connectivity index (χ1v) is 12.0. The van der Waals surface area contributed by atoms with E-state index in [1.54, 1.807) is 25.3 Å². The number of nitrogens with zero attached hydrogens (tertiary/aromatic N) is 2. The number of halogens is 4. The van der Waals surface area contributed by atoms with E-state index in [1.807, 2.05) is 11.0 Å². The van der Waals surface area contributed by atoms with E-state index in [4.69, 9.17) is 37.4 Å². The van der Waals surface area contributed by atoms with Gasteiger partial charge in [-0.2, -0.15) is 5.10 Å². The molecule has 0 spiro atoms. The molecule has 11 heteroatoms. The zero-order chi connectivity index (χ0) is 23.1. The molecule has 0 aromatic heterocycles. The third-order valence-electron chi connectivity index (χ3n) is 4.61. The van der Waals surface area contributed by atoms with Crippen LogP contribution in [-0.4, -0.2) is 57.0 Å². The number of methoxy groups -OCH3 is 1. The molecule has 3 rings (SSSR count). The number of rotatable bonds is 8. The van der Waals surface area contributed by atoms with Crippen LogP contribution >= 0.6 is 55.1 Å². The van der Waals surface area contributed by atoms with E-state index in [2.05, 4.69) is 42.4 Å². The zero-order valence-corrected chi connectivity index (χ0v) is 21.9. The number of ether oxygens (including phenoxy) is 3. The van der Waals surface area contributed by atoms with E-state index in [1.165, 1.54) is 6.21 Å². The standard InChI is InChI=1S/C21H21Br2Cl2N3O4/c1-30-17-9-14(10-26-27-18(29)11-28-4-6-31-7-5-28)19(22)20(23)21(17)32-12-13-2-3-15(24)16(25)8-13/h2-3,8-10H,4-7,11-12H2,1H3,(H,27,29)/b26-10-. The van der Waals surface area contributed by atoms with Crippen molar-refractivity contribution in [3.63, 3.8) is 0 Å². The number of amides is 1. The summed E-state index contributed by atoms with van der Waals surface area (Å²) in [5.41, 5.74) is 4.11. The summed E-state index contributed by atoms with van der Waals surface area (Å²) in [4.78, 5) is 14.1. The lowest BCUT2D eigenvalue weighted by Crippen LogP contribution is -2.42. The minimum atomic E-state index is -0.188. The number of carbonyl (C=O) groups is 1. The smallest absolute Gasteiger partial charge is 0.254 e. The number of carbonyl (C=O) groups excluding carboxylic acids is 1. The van der Waals surface area contributed by atoms with Crippen LogP contribution in [0.1, 0.15) is 11.1 Å². The van der Waals surface area contributed by atoms with Gasteiger partial charge in [0.1, 0.15) is 6.61 Å². The molecule has 0 bridgehead atoms. The number of hydrogen-bond acceptors (Lipinski definition) is 6. The molecule has 0 saturated carbocycles. The zero-order valence-electron chi connectivity index (χ0n) is 17.2. The van der Waals surface area contributed by atoms with Gasteiger partial charge in [-0.1, -0.05) is 29.3 Å². The molecule has 1 N–H and O–H groups in total. The highest BCUT2D eigenvalue weighted by Gasteiger charge is 2.17. The van der Waals surface area contributed by atoms with E-state index in [-0.39, 0.29) is 19.1 Å². The lowest BCUT2D eigenvalue weighted by atomic mass is 10.2. The van der Waals surface area contributed by atoms with E-state index >= 15 is 0 Å². The van der Waals surface area contributed by atoms with Gasteiger partial charge in [0.25, 0.3) is 5.91 Å². The van der Waals surface area contributed by atoms with Gasteiger partial charge in [-0.05, 0) is 55.6 Å². The molecule has 1 fully saturated rings. The Labute approximate surface area is 213 Å². The molecular formula is C21H21Br2Cl2N3O4. The van der Waals surface area contributed by atoms with Gasteiger partial charge in [-0.25, -0.2) is 5.43 Å². The molecule has 0 unspecified atom stereocenters.